The third-order valence-electron chi connectivity index (χ3n) is 3.38. The van der Waals surface area contributed by atoms with E-state index in [1.807, 2.05) is 13.8 Å². The van der Waals surface area contributed by atoms with Crippen LogP contribution in [0.4, 0.5) is 0 Å². The van der Waals surface area contributed by atoms with E-state index in [-0.39, 0.29) is 18.6 Å². The van der Waals surface area contributed by atoms with Gasteiger partial charge in [0.15, 0.2) is 0 Å². The van der Waals surface area contributed by atoms with Crippen molar-refractivity contribution >= 4 is 17.5 Å². The van der Waals surface area contributed by atoms with Crippen LogP contribution in [0.15, 0.2) is 18.2 Å². The molecule has 4 nitrogen and oxygen atoms in total. The second-order valence-electron chi connectivity index (χ2n) is 4.54. The predicted octanol–water partition coefficient (Wildman–Crippen LogP) is 2.97. The van der Waals surface area contributed by atoms with Crippen LogP contribution in [0.25, 0.3) is 0 Å². The molecule has 0 heterocycles. The molecular formula is C15H22ClNO3. The van der Waals surface area contributed by atoms with Gasteiger partial charge in [0.1, 0.15) is 5.75 Å². The Labute approximate surface area is 125 Å². The maximum Gasteiger partial charge on any atom is 0.257 e. The van der Waals surface area contributed by atoms with E-state index < -0.39 is 0 Å². The van der Waals surface area contributed by atoms with Crippen molar-refractivity contribution in [3.8, 4) is 5.75 Å². The Bertz CT molecular complexity index is 447. The molecule has 0 bridgehead atoms. The van der Waals surface area contributed by atoms with Crippen LogP contribution in [0, 0.1) is 0 Å². The third-order valence-corrected chi connectivity index (χ3v) is 3.61. The molecule has 0 spiro atoms. The number of halogens is 1. The molecule has 0 fully saturated rings. The van der Waals surface area contributed by atoms with Crippen molar-refractivity contribution in [2.24, 2.45) is 0 Å². The summed E-state index contributed by atoms with van der Waals surface area (Å²) in [5.41, 5.74) is 0.470. The van der Waals surface area contributed by atoms with Crippen LogP contribution in [0.3, 0.4) is 0 Å². The Morgan fingerprint density at radius 2 is 2.05 bits per heavy atom. The molecular weight excluding hydrogens is 278 g/mol. The summed E-state index contributed by atoms with van der Waals surface area (Å²) in [6.45, 7) is 4.32. The zero-order chi connectivity index (χ0) is 15.1. The summed E-state index contributed by atoms with van der Waals surface area (Å²) in [4.78, 5) is 14.4. The van der Waals surface area contributed by atoms with Gasteiger partial charge in [0.25, 0.3) is 5.91 Å². The van der Waals surface area contributed by atoms with Crippen LogP contribution >= 0.6 is 11.6 Å². The lowest BCUT2D eigenvalue weighted by Gasteiger charge is -2.30. The first-order chi connectivity index (χ1) is 9.58. The van der Waals surface area contributed by atoms with Crippen LogP contribution in [0.5, 0.6) is 5.75 Å². The summed E-state index contributed by atoms with van der Waals surface area (Å²) in [6.07, 6.45) is 1.69. The van der Waals surface area contributed by atoms with Gasteiger partial charge in [-0.05, 0) is 31.0 Å². The molecule has 0 radical (unpaired) electrons. The minimum absolute atomic E-state index is 0.0574. The zero-order valence-electron chi connectivity index (χ0n) is 12.2. The predicted molar refractivity (Wildman–Crippen MR) is 80.5 cm³/mol. The standard InChI is InChI=1S/C15H22ClNO3/c1-4-12(5-2)17(8-9-18)15(19)13-7-6-11(16)10-14(13)20-3/h6-7,10,12,18H,4-5,8-9H2,1-3H3. The van der Waals surface area contributed by atoms with Gasteiger partial charge < -0.3 is 14.7 Å². The van der Waals surface area contributed by atoms with Crippen LogP contribution in [0.2, 0.25) is 5.02 Å². The van der Waals surface area contributed by atoms with Gasteiger partial charge in [0, 0.05) is 17.6 Å². The van der Waals surface area contributed by atoms with Gasteiger partial charge in [0.05, 0.1) is 19.3 Å². The summed E-state index contributed by atoms with van der Waals surface area (Å²) < 4.78 is 5.23. The van der Waals surface area contributed by atoms with Crippen LogP contribution < -0.4 is 4.74 Å². The number of ether oxygens (including phenoxy) is 1. The fourth-order valence-corrected chi connectivity index (χ4v) is 2.45. The topological polar surface area (TPSA) is 49.8 Å². The number of carbonyl (C=O) groups is 1. The number of nitrogens with zero attached hydrogens (tertiary/aromatic N) is 1. The van der Waals surface area contributed by atoms with Gasteiger partial charge in [-0.2, -0.15) is 0 Å². The molecule has 112 valence electrons. The normalized spacial score (nSPS) is 10.7. The highest BCUT2D eigenvalue weighted by Gasteiger charge is 2.24. The van der Waals surface area contributed by atoms with Gasteiger partial charge >= 0.3 is 0 Å². The minimum Gasteiger partial charge on any atom is -0.496 e. The van der Waals surface area contributed by atoms with Crippen molar-refractivity contribution in [2.45, 2.75) is 32.7 Å². The number of benzene rings is 1. The number of rotatable bonds is 7. The smallest absolute Gasteiger partial charge is 0.257 e. The average Bonchev–Trinajstić information content (AvgIpc) is 2.46. The molecule has 1 aromatic carbocycles. The maximum atomic E-state index is 12.7. The van der Waals surface area contributed by atoms with Gasteiger partial charge in [0.2, 0.25) is 0 Å². The molecule has 0 saturated heterocycles. The Morgan fingerprint density at radius 3 is 2.55 bits per heavy atom. The van der Waals surface area contributed by atoms with E-state index in [4.69, 9.17) is 16.3 Å². The first kappa shape index (κ1) is 16.8. The summed E-state index contributed by atoms with van der Waals surface area (Å²) in [7, 11) is 1.51. The minimum atomic E-state index is -0.138. The number of carbonyl (C=O) groups excluding carboxylic acids is 1. The Balaban J connectivity index is 3.11. The highest BCUT2D eigenvalue weighted by molar-refractivity contribution is 6.30. The first-order valence-corrected chi connectivity index (χ1v) is 7.22. The van der Waals surface area contributed by atoms with Gasteiger partial charge in [-0.25, -0.2) is 0 Å². The highest BCUT2D eigenvalue weighted by atomic mass is 35.5. The van der Waals surface area contributed by atoms with Crippen LogP contribution in [-0.4, -0.2) is 42.2 Å². The number of methoxy groups -OCH3 is 1. The van der Waals surface area contributed by atoms with Crippen molar-refractivity contribution in [1.29, 1.82) is 0 Å². The monoisotopic (exact) mass is 299 g/mol. The van der Waals surface area contributed by atoms with Gasteiger partial charge in [-0.1, -0.05) is 25.4 Å². The Hall–Kier alpha value is -1.26. The number of aliphatic hydroxyl groups is 1. The van der Waals surface area contributed by atoms with E-state index in [0.717, 1.165) is 12.8 Å². The lowest BCUT2D eigenvalue weighted by atomic mass is 10.1. The molecule has 0 saturated carbocycles. The van der Waals surface area contributed by atoms with Crippen molar-refractivity contribution in [1.82, 2.24) is 4.90 Å². The van der Waals surface area contributed by atoms with Crippen molar-refractivity contribution in [3.05, 3.63) is 28.8 Å². The second-order valence-corrected chi connectivity index (χ2v) is 4.97. The number of aliphatic hydroxyl groups excluding tert-OH is 1. The number of amides is 1. The highest BCUT2D eigenvalue weighted by Crippen LogP contribution is 2.25. The number of hydrogen-bond acceptors (Lipinski definition) is 3. The van der Waals surface area contributed by atoms with Crippen molar-refractivity contribution < 1.29 is 14.6 Å². The van der Waals surface area contributed by atoms with Gasteiger partial charge in [-0.3, -0.25) is 4.79 Å². The van der Waals surface area contributed by atoms with Gasteiger partial charge in [-0.15, -0.1) is 0 Å². The maximum absolute atomic E-state index is 12.7. The molecule has 0 aliphatic carbocycles. The van der Waals surface area contributed by atoms with E-state index in [2.05, 4.69) is 0 Å². The quantitative estimate of drug-likeness (QED) is 0.842. The van der Waals surface area contributed by atoms with E-state index in [9.17, 15) is 9.90 Å². The lowest BCUT2D eigenvalue weighted by molar-refractivity contribution is 0.0619. The van der Waals surface area contributed by atoms with Crippen LogP contribution in [-0.2, 0) is 0 Å². The molecule has 1 amide bonds. The zero-order valence-corrected chi connectivity index (χ0v) is 13.0. The third kappa shape index (κ3) is 3.87. The molecule has 1 rings (SSSR count). The van der Waals surface area contributed by atoms with Crippen LogP contribution in [0.1, 0.15) is 37.0 Å². The van der Waals surface area contributed by atoms with E-state index in [1.165, 1.54) is 7.11 Å². The molecule has 0 unspecified atom stereocenters. The fraction of sp³-hybridized carbons (Fsp3) is 0.533. The second kappa shape index (κ2) is 8.12. The summed E-state index contributed by atoms with van der Waals surface area (Å²) in [5.74, 6) is 0.317. The summed E-state index contributed by atoms with van der Waals surface area (Å²) in [5, 5.41) is 9.72. The van der Waals surface area contributed by atoms with E-state index >= 15 is 0 Å². The Morgan fingerprint density at radius 1 is 1.40 bits per heavy atom. The summed E-state index contributed by atoms with van der Waals surface area (Å²) in [6, 6.07) is 5.06. The van der Waals surface area contributed by atoms with E-state index in [0.29, 0.717) is 22.9 Å². The largest absolute Gasteiger partial charge is 0.496 e. The molecule has 0 aliphatic rings. The first-order valence-electron chi connectivity index (χ1n) is 6.84. The lowest BCUT2D eigenvalue weighted by Crippen LogP contribution is -2.41. The molecule has 20 heavy (non-hydrogen) atoms. The molecule has 1 N–H and O–H groups in total. The van der Waals surface area contributed by atoms with E-state index in [1.54, 1.807) is 23.1 Å². The molecule has 0 atom stereocenters. The molecule has 5 heteroatoms. The SMILES string of the molecule is CCC(CC)N(CCO)C(=O)c1ccc(Cl)cc1OC. The average molecular weight is 300 g/mol. The Kier molecular flexibility index (Phi) is 6.82. The van der Waals surface area contributed by atoms with Crippen molar-refractivity contribution in [3.63, 3.8) is 0 Å². The fourth-order valence-electron chi connectivity index (χ4n) is 2.28. The van der Waals surface area contributed by atoms with Crippen molar-refractivity contribution in [2.75, 3.05) is 20.3 Å². The molecule has 0 aromatic heterocycles. The molecule has 0 aliphatic heterocycles. The number of hydrogen-bond donors (Lipinski definition) is 1. The summed E-state index contributed by atoms with van der Waals surface area (Å²) >= 11 is 5.91. The molecule has 1 aromatic rings.